The number of carbonyl (C=O) groups is 1. The highest BCUT2D eigenvalue weighted by Crippen LogP contribution is 2.59. The molecular weight excluding hydrogens is 387 g/mol. The number of amides is 1. The van der Waals surface area contributed by atoms with E-state index in [4.69, 9.17) is 0 Å². The lowest BCUT2D eigenvalue weighted by molar-refractivity contribution is -0.123. The number of nitrogens with zero attached hydrogens (tertiary/aromatic N) is 1. The number of carbonyl (C=O) groups excluding carboxylic acids is 1. The van der Waals surface area contributed by atoms with Gasteiger partial charge in [-0.1, -0.05) is 12.1 Å². The van der Waals surface area contributed by atoms with Gasteiger partial charge in [-0.2, -0.15) is 4.31 Å². The molecule has 1 saturated heterocycles. The molecule has 144 valence electrons. The molecule has 1 aliphatic carbocycles. The molecule has 0 radical (unpaired) electrons. The fraction of sp³-hybridized carbons (Fsp3) is 0.421. The maximum atomic E-state index is 13.8. The second-order valence-electron chi connectivity index (χ2n) is 7.42. The van der Waals surface area contributed by atoms with Crippen molar-refractivity contribution in [3.8, 4) is 0 Å². The zero-order valence-electron chi connectivity index (χ0n) is 14.9. The number of nitrogens with one attached hydrogen (secondary N) is 1. The van der Waals surface area contributed by atoms with E-state index in [2.05, 4.69) is 5.32 Å². The van der Waals surface area contributed by atoms with Gasteiger partial charge >= 0.3 is 0 Å². The first-order valence-corrected chi connectivity index (χ1v) is 11.2. The molecule has 4 rings (SSSR count). The van der Waals surface area contributed by atoms with E-state index in [1.54, 1.807) is 18.3 Å². The van der Waals surface area contributed by atoms with Crippen LogP contribution in [0.1, 0.15) is 23.3 Å². The Morgan fingerprint density at radius 1 is 1.41 bits per heavy atom. The van der Waals surface area contributed by atoms with E-state index in [1.165, 1.54) is 16.4 Å². The van der Waals surface area contributed by atoms with Crippen molar-refractivity contribution in [3.05, 3.63) is 52.0 Å². The van der Waals surface area contributed by atoms with E-state index >= 15 is 0 Å². The van der Waals surface area contributed by atoms with Gasteiger partial charge in [0.25, 0.3) is 0 Å². The van der Waals surface area contributed by atoms with Gasteiger partial charge in [0, 0.05) is 23.9 Å². The van der Waals surface area contributed by atoms with Gasteiger partial charge in [0.1, 0.15) is 5.82 Å². The van der Waals surface area contributed by atoms with Crippen LogP contribution in [0.5, 0.6) is 0 Å². The molecule has 1 aliphatic heterocycles. The summed E-state index contributed by atoms with van der Waals surface area (Å²) in [6.45, 7) is 2.79. The summed E-state index contributed by atoms with van der Waals surface area (Å²) in [4.78, 5) is 13.5. The predicted molar refractivity (Wildman–Crippen MR) is 101 cm³/mol. The number of aryl methyl sites for hydroxylation is 1. The fourth-order valence-electron chi connectivity index (χ4n) is 3.82. The number of halogens is 1. The molecule has 2 aromatic rings. The Kier molecular flexibility index (Phi) is 4.60. The normalized spacial score (nSPS) is 25.0. The Hall–Kier alpha value is -1.77. The molecule has 2 atom stereocenters. The van der Waals surface area contributed by atoms with Crippen LogP contribution in [-0.2, 0) is 21.4 Å². The number of sulfonamides is 1. The van der Waals surface area contributed by atoms with Gasteiger partial charge < -0.3 is 5.32 Å². The lowest BCUT2D eigenvalue weighted by Crippen LogP contribution is -2.31. The van der Waals surface area contributed by atoms with Crippen LogP contribution in [0, 0.1) is 24.1 Å². The van der Waals surface area contributed by atoms with E-state index in [-0.39, 0.29) is 22.1 Å². The van der Waals surface area contributed by atoms with Gasteiger partial charge in [-0.15, -0.1) is 11.3 Å². The zero-order chi connectivity index (χ0) is 19.2. The Labute approximate surface area is 162 Å². The van der Waals surface area contributed by atoms with Gasteiger partial charge in [-0.3, -0.25) is 4.79 Å². The highest BCUT2D eigenvalue weighted by Gasteiger charge is 2.62. The van der Waals surface area contributed by atoms with Crippen molar-refractivity contribution < 1.29 is 17.6 Å². The van der Waals surface area contributed by atoms with Crippen molar-refractivity contribution >= 4 is 27.3 Å². The summed E-state index contributed by atoms with van der Waals surface area (Å²) in [5, 5.41) is 4.92. The fourth-order valence-corrected chi connectivity index (χ4v) is 6.02. The van der Waals surface area contributed by atoms with E-state index < -0.39 is 15.8 Å². The van der Waals surface area contributed by atoms with Crippen LogP contribution in [0.25, 0.3) is 0 Å². The Morgan fingerprint density at radius 3 is 2.93 bits per heavy atom. The van der Waals surface area contributed by atoms with E-state index in [0.29, 0.717) is 38.0 Å². The maximum Gasteiger partial charge on any atom is 0.243 e. The summed E-state index contributed by atoms with van der Waals surface area (Å²) in [5.74, 6) is -0.682. The smallest absolute Gasteiger partial charge is 0.243 e. The Bertz CT molecular complexity index is 975. The summed E-state index contributed by atoms with van der Waals surface area (Å²) in [6, 6.07) is 7.91. The van der Waals surface area contributed by atoms with Crippen LogP contribution < -0.4 is 5.32 Å². The molecule has 0 unspecified atom stereocenters. The lowest BCUT2D eigenvalue weighted by atomic mass is 10.0. The average Bonchev–Trinajstić information content (AvgIpc) is 2.99. The van der Waals surface area contributed by atoms with Gasteiger partial charge in [0.2, 0.25) is 15.9 Å². The van der Waals surface area contributed by atoms with Gasteiger partial charge in [-0.25, -0.2) is 12.8 Å². The molecule has 2 heterocycles. The van der Waals surface area contributed by atoms with E-state index in [1.807, 2.05) is 17.5 Å². The molecule has 1 N–H and O–H groups in total. The number of hydrogen-bond acceptors (Lipinski definition) is 4. The standard InChI is InChI=1S/C19H21FN2O3S2/c1-13-4-5-15(9-17(13)20)27(24,25)22-7-6-19(12-22)10-16(19)18(23)21-11-14-3-2-8-26-14/h2-5,8-9,16H,6-7,10-12H2,1H3,(H,21,23)/t16-,19-/m0/s1. The van der Waals surface area contributed by atoms with Crippen molar-refractivity contribution in [3.63, 3.8) is 0 Å². The lowest BCUT2D eigenvalue weighted by Gasteiger charge is -2.17. The molecule has 2 fully saturated rings. The first-order valence-electron chi connectivity index (χ1n) is 8.88. The third kappa shape index (κ3) is 3.41. The largest absolute Gasteiger partial charge is 0.351 e. The second kappa shape index (κ2) is 6.68. The van der Waals surface area contributed by atoms with Gasteiger partial charge in [0.05, 0.1) is 11.4 Å². The molecule has 0 bridgehead atoms. The quantitative estimate of drug-likeness (QED) is 0.827. The summed E-state index contributed by atoms with van der Waals surface area (Å²) in [7, 11) is -3.74. The molecule has 8 heteroatoms. The van der Waals surface area contributed by atoms with E-state index in [9.17, 15) is 17.6 Å². The molecular formula is C19H21FN2O3S2. The van der Waals surface area contributed by atoms with Gasteiger partial charge in [-0.05, 0) is 54.3 Å². The third-order valence-electron chi connectivity index (χ3n) is 5.65. The van der Waals surface area contributed by atoms with Crippen molar-refractivity contribution in [2.75, 3.05) is 13.1 Å². The highest BCUT2D eigenvalue weighted by molar-refractivity contribution is 7.89. The number of hydrogen-bond donors (Lipinski definition) is 1. The third-order valence-corrected chi connectivity index (χ3v) is 8.37. The molecule has 1 aromatic carbocycles. The topological polar surface area (TPSA) is 66.5 Å². The maximum absolute atomic E-state index is 13.8. The first-order chi connectivity index (χ1) is 12.8. The SMILES string of the molecule is Cc1ccc(S(=O)(=O)N2CC[C@]3(C[C@H]3C(=O)NCc3cccs3)C2)cc1F. The zero-order valence-corrected chi connectivity index (χ0v) is 16.6. The van der Waals surface area contributed by atoms with Crippen LogP contribution in [0.4, 0.5) is 4.39 Å². The molecule has 1 aromatic heterocycles. The van der Waals surface area contributed by atoms with Crippen LogP contribution in [0.3, 0.4) is 0 Å². The minimum atomic E-state index is -3.74. The molecule has 5 nitrogen and oxygen atoms in total. The van der Waals surface area contributed by atoms with Crippen LogP contribution in [-0.4, -0.2) is 31.7 Å². The summed E-state index contributed by atoms with van der Waals surface area (Å²) in [6.07, 6.45) is 1.37. The molecule has 1 saturated carbocycles. The van der Waals surface area contributed by atoms with Gasteiger partial charge in [0.15, 0.2) is 0 Å². The summed E-state index contributed by atoms with van der Waals surface area (Å²) in [5.41, 5.74) is 0.145. The summed E-state index contributed by atoms with van der Waals surface area (Å²) < 4.78 is 40.9. The predicted octanol–water partition coefficient (Wildman–Crippen LogP) is 2.91. The monoisotopic (exact) mass is 408 g/mol. The Morgan fingerprint density at radius 2 is 2.22 bits per heavy atom. The highest BCUT2D eigenvalue weighted by atomic mass is 32.2. The van der Waals surface area contributed by atoms with Crippen molar-refractivity contribution in [1.82, 2.24) is 9.62 Å². The van der Waals surface area contributed by atoms with Crippen LogP contribution in [0.15, 0.2) is 40.6 Å². The minimum Gasteiger partial charge on any atom is -0.351 e. The van der Waals surface area contributed by atoms with Crippen molar-refractivity contribution in [1.29, 1.82) is 0 Å². The minimum absolute atomic E-state index is 0.0102. The Balaban J connectivity index is 1.41. The number of thiophene rings is 1. The van der Waals surface area contributed by atoms with Crippen LogP contribution >= 0.6 is 11.3 Å². The van der Waals surface area contributed by atoms with E-state index in [0.717, 1.165) is 10.9 Å². The molecule has 1 spiro atoms. The van der Waals surface area contributed by atoms with Crippen molar-refractivity contribution in [2.24, 2.45) is 11.3 Å². The van der Waals surface area contributed by atoms with Crippen molar-refractivity contribution in [2.45, 2.75) is 31.2 Å². The molecule has 1 amide bonds. The average molecular weight is 409 g/mol. The summed E-state index contributed by atoms with van der Waals surface area (Å²) >= 11 is 1.59. The first kappa shape index (κ1) is 18.6. The molecule has 27 heavy (non-hydrogen) atoms. The number of benzene rings is 1. The van der Waals surface area contributed by atoms with Crippen LogP contribution in [0.2, 0.25) is 0 Å². The number of rotatable bonds is 5. The molecule has 2 aliphatic rings. The second-order valence-corrected chi connectivity index (χ2v) is 10.4.